The van der Waals surface area contributed by atoms with Gasteiger partial charge in [0, 0.05) is 12.6 Å². The van der Waals surface area contributed by atoms with Crippen molar-refractivity contribution < 1.29 is 22.7 Å². The number of rotatable bonds is 4. The monoisotopic (exact) mass is 372 g/mol. The van der Waals surface area contributed by atoms with Gasteiger partial charge in [-0.2, -0.15) is 0 Å². The normalized spacial score (nSPS) is 19.9. The van der Waals surface area contributed by atoms with Crippen LogP contribution < -0.4 is 10.0 Å². The molecule has 1 aliphatic heterocycles. The van der Waals surface area contributed by atoms with Gasteiger partial charge in [0.15, 0.2) is 11.5 Å². The van der Waals surface area contributed by atoms with Crippen LogP contribution >= 0.6 is 11.8 Å². The molecule has 11 heteroatoms. The van der Waals surface area contributed by atoms with Crippen LogP contribution in [-0.4, -0.2) is 37.1 Å². The van der Waals surface area contributed by atoms with Gasteiger partial charge in [0.1, 0.15) is 5.04 Å². The third-order valence-corrected chi connectivity index (χ3v) is 4.98. The molecule has 2 rings (SSSR count). The molecule has 130 valence electrons. The molecule has 1 aliphatic rings. The number of benzene rings is 1. The molecule has 0 aromatic heterocycles. The number of carbonyl (C=O) groups excluding carboxylic acids is 1. The van der Waals surface area contributed by atoms with Crippen LogP contribution in [-0.2, 0) is 24.3 Å². The van der Waals surface area contributed by atoms with Gasteiger partial charge >= 0.3 is 0 Å². The van der Waals surface area contributed by atoms with Crippen LogP contribution in [0.3, 0.4) is 0 Å². The Morgan fingerprint density at radius 1 is 1.21 bits per heavy atom. The summed E-state index contributed by atoms with van der Waals surface area (Å²) in [6, 6.07) is 5.48. The predicted molar refractivity (Wildman–Crippen MR) is 89.5 cm³/mol. The number of thioether (sulfide) groups is 1. The van der Waals surface area contributed by atoms with E-state index in [2.05, 4.69) is 10.0 Å². The summed E-state index contributed by atoms with van der Waals surface area (Å²) in [5, 5.41) is 17.3. The van der Waals surface area contributed by atoms with Crippen molar-refractivity contribution in [2.45, 2.75) is 31.3 Å². The Balaban J connectivity index is 1.95. The van der Waals surface area contributed by atoms with Crippen molar-refractivity contribution in [3.8, 4) is 0 Å². The average Bonchev–Trinajstić information content (AvgIpc) is 2.43. The molecule has 1 aromatic carbocycles. The third-order valence-electron chi connectivity index (χ3n) is 2.77. The van der Waals surface area contributed by atoms with E-state index in [1.807, 2.05) is 0 Å². The minimum Gasteiger partial charge on any atom is -0.326 e. The van der Waals surface area contributed by atoms with Crippen molar-refractivity contribution in [3.63, 3.8) is 0 Å². The van der Waals surface area contributed by atoms with Crippen molar-refractivity contribution in [1.82, 2.24) is 4.72 Å². The van der Waals surface area contributed by atoms with Crippen LogP contribution in [0.4, 0.5) is 5.69 Å². The summed E-state index contributed by atoms with van der Waals surface area (Å²) in [5.74, 6) is -0.268. The molecule has 0 aliphatic carbocycles. The molecule has 0 radical (unpaired) electrons. The van der Waals surface area contributed by atoms with Gasteiger partial charge in [-0.05, 0) is 43.0 Å². The first-order valence-corrected chi connectivity index (χ1v) is 9.03. The minimum absolute atomic E-state index is 0.0711. The zero-order valence-corrected chi connectivity index (χ0v) is 14.5. The van der Waals surface area contributed by atoms with E-state index in [0.717, 1.165) is 0 Å². The number of hydrogen-bond acceptors (Lipinski definition) is 8. The summed E-state index contributed by atoms with van der Waals surface area (Å²) in [7, 11) is -3.96. The number of carbonyl (C=O) groups is 1. The lowest BCUT2D eigenvalue weighted by molar-refractivity contribution is -0.343. The van der Waals surface area contributed by atoms with E-state index in [1.54, 1.807) is 6.92 Å². The van der Waals surface area contributed by atoms with Gasteiger partial charge in [-0.25, -0.2) is 8.42 Å². The Labute approximate surface area is 143 Å². The van der Waals surface area contributed by atoms with Crippen molar-refractivity contribution in [1.29, 1.82) is 10.8 Å². The highest BCUT2D eigenvalue weighted by molar-refractivity contribution is 8.27. The molecule has 1 aromatic rings. The number of amidine groups is 1. The number of nitrogens with one attached hydrogen (secondary N) is 4. The van der Waals surface area contributed by atoms with Crippen LogP contribution in [0.15, 0.2) is 29.2 Å². The van der Waals surface area contributed by atoms with Crippen molar-refractivity contribution >= 4 is 43.6 Å². The lowest BCUT2D eigenvalue weighted by Gasteiger charge is -2.33. The molecule has 24 heavy (non-hydrogen) atoms. The molecule has 0 saturated carbocycles. The van der Waals surface area contributed by atoms with Crippen LogP contribution in [0.5, 0.6) is 0 Å². The first kappa shape index (κ1) is 18.4. The smallest absolute Gasteiger partial charge is 0.263 e. The quantitative estimate of drug-likeness (QED) is 0.463. The number of hydrogen-bond donors (Lipinski definition) is 4. The predicted octanol–water partition coefficient (Wildman–Crippen LogP) is 1.29. The fourth-order valence-electron chi connectivity index (χ4n) is 1.76. The summed E-state index contributed by atoms with van der Waals surface area (Å²) >= 11 is 0.588. The Morgan fingerprint density at radius 3 is 2.29 bits per heavy atom. The second-order valence-corrected chi connectivity index (χ2v) is 7.51. The largest absolute Gasteiger partial charge is 0.326 e. The second kappa shape index (κ2) is 7.30. The highest BCUT2D eigenvalue weighted by Gasteiger charge is 2.32. The first-order valence-electron chi connectivity index (χ1n) is 6.73. The Hall–Kier alpha value is -1.95. The second-order valence-electron chi connectivity index (χ2n) is 4.78. The van der Waals surface area contributed by atoms with E-state index in [9.17, 15) is 13.2 Å². The summed E-state index contributed by atoms with van der Waals surface area (Å²) in [4.78, 5) is 10.9. The van der Waals surface area contributed by atoms with Crippen molar-refractivity contribution in [2.75, 3.05) is 5.32 Å². The van der Waals surface area contributed by atoms with Gasteiger partial charge in [-0.15, -0.1) is 0 Å². The van der Waals surface area contributed by atoms with Crippen molar-refractivity contribution in [3.05, 3.63) is 24.3 Å². The molecular weight excluding hydrogens is 356 g/mol. The lowest BCUT2D eigenvalue weighted by atomic mass is 10.3. The SMILES string of the molecule is CC(=O)Nc1ccc(S(=O)(=O)NC(=N)SC(=N)C2OC(C)O2)cc1. The summed E-state index contributed by atoms with van der Waals surface area (Å²) in [5.41, 5.74) is 0.459. The first-order chi connectivity index (χ1) is 11.2. The molecule has 1 amide bonds. The Bertz CT molecular complexity index is 757. The zero-order chi connectivity index (χ0) is 17.9. The van der Waals surface area contributed by atoms with Gasteiger partial charge < -0.3 is 14.8 Å². The maximum absolute atomic E-state index is 12.2. The summed E-state index contributed by atoms with van der Waals surface area (Å²) in [6.45, 7) is 3.00. The standard InChI is InChI=1S/C13H16N4O5S2/c1-7(18)16-9-3-5-10(6-4-9)24(19,20)17-13(15)23-11(14)12-21-8(2)22-12/h3-6,8,12,14H,1-2H3,(H2,15,17)(H,16,18). The molecule has 4 N–H and O–H groups in total. The van der Waals surface area contributed by atoms with E-state index < -0.39 is 27.8 Å². The van der Waals surface area contributed by atoms with Gasteiger partial charge in [-0.3, -0.25) is 20.3 Å². The lowest BCUT2D eigenvalue weighted by Crippen LogP contribution is -2.44. The number of sulfonamides is 1. The Kier molecular flexibility index (Phi) is 5.59. The van der Waals surface area contributed by atoms with Crippen LogP contribution in [0.25, 0.3) is 0 Å². The average molecular weight is 372 g/mol. The van der Waals surface area contributed by atoms with E-state index in [1.165, 1.54) is 31.2 Å². The zero-order valence-electron chi connectivity index (χ0n) is 12.8. The molecule has 1 saturated heterocycles. The van der Waals surface area contributed by atoms with Crippen molar-refractivity contribution in [2.24, 2.45) is 0 Å². The van der Waals surface area contributed by atoms with E-state index in [-0.39, 0.29) is 15.8 Å². The summed E-state index contributed by atoms with van der Waals surface area (Å²) < 4.78 is 36.6. The van der Waals surface area contributed by atoms with Crippen LogP contribution in [0.2, 0.25) is 0 Å². The highest BCUT2D eigenvalue weighted by atomic mass is 32.2. The van der Waals surface area contributed by atoms with E-state index in [0.29, 0.717) is 17.4 Å². The fourth-order valence-corrected chi connectivity index (χ4v) is 3.54. The molecule has 0 spiro atoms. The molecule has 0 atom stereocenters. The van der Waals surface area contributed by atoms with Gasteiger partial charge in [0.2, 0.25) is 12.2 Å². The fraction of sp³-hybridized carbons (Fsp3) is 0.308. The highest BCUT2D eigenvalue weighted by Crippen LogP contribution is 2.22. The van der Waals surface area contributed by atoms with E-state index in [4.69, 9.17) is 20.3 Å². The maximum Gasteiger partial charge on any atom is 0.263 e. The molecular formula is C13H16N4O5S2. The molecule has 9 nitrogen and oxygen atoms in total. The summed E-state index contributed by atoms with van der Waals surface area (Å²) in [6.07, 6.45) is -1.28. The Morgan fingerprint density at radius 2 is 1.79 bits per heavy atom. The van der Waals surface area contributed by atoms with Crippen LogP contribution in [0, 0.1) is 10.8 Å². The minimum atomic E-state index is -3.96. The third kappa shape index (κ3) is 4.77. The molecule has 1 fully saturated rings. The molecule has 0 unspecified atom stereocenters. The number of ether oxygens (including phenoxy) is 2. The van der Waals surface area contributed by atoms with Crippen LogP contribution in [0.1, 0.15) is 13.8 Å². The van der Waals surface area contributed by atoms with Gasteiger partial charge in [-0.1, -0.05) is 0 Å². The van der Waals surface area contributed by atoms with E-state index >= 15 is 0 Å². The van der Waals surface area contributed by atoms with Gasteiger partial charge in [0.25, 0.3) is 10.0 Å². The molecule has 1 heterocycles. The topological polar surface area (TPSA) is 141 Å². The molecule has 0 bridgehead atoms. The number of anilines is 1. The maximum atomic E-state index is 12.2. The van der Waals surface area contributed by atoms with Gasteiger partial charge in [0.05, 0.1) is 4.90 Å². The number of amides is 1.